The molecule has 22 heavy (non-hydrogen) atoms. The number of alkyl carbamates (subject to hydrolysis) is 1. The third-order valence-corrected chi connectivity index (χ3v) is 3.78. The van der Waals surface area contributed by atoms with E-state index in [1.54, 1.807) is 39.0 Å². The number of nitrogen functional groups attached to an aromatic ring is 1. The van der Waals surface area contributed by atoms with Gasteiger partial charge in [0.2, 0.25) is 0 Å². The molecule has 0 saturated carbocycles. The molecule has 0 heterocycles. The number of nitrogens with two attached hydrogens (primary N) is 1. The number of carbonyl (C=O) groups is 2. The van der Waals surface area contributed by atoms with Gasteiger partial charge in [-0.15, -0.1) is 11.8 Å². The first kappa shape index (κ1) is 18.4. The topological polar surface area (TPSA) is 102 Å². The Morgan fingerprint density at radius 3 is 2.59 bits per heavy atom. The van der Waals surface area contributed by atoms with Gasteiger partial charge in [-0.05, 0) is 39.0 Å². The van der Waals surface area contributed by atoms with Crippen molar-refractivity contribution < 1.29 is 19.4 Å². The molecule has 0 fully saturated rings. The Bertz CT molecular complexity index is 560. The zero-order valence-electron chi connectivity index (χ0n) is 12.6. The van der Waals surface area contributed by atoms with Gasteiger partial charge in [0.05, 0.1) is 0 Å². The number of carboxylic acids is 1. The summed E-state index contributed by atoms with van der Waals surface area (Å²) in [5.41, 5.74) is 5.57. The Labute approximate surface area is 138 Å². The van der Waals surface area contributed by atoms with Crippen molar-refractivity contribution in [2.45, 2.75) is 37.3 Å². The molecule has 0 bridgehead atoms. The Balaban J connectivity index is 2.65. The highest BCUT2D eigenvalue weighted by molar-refractivity contribution is 7.99. The smallest absolute Gasteiger partial charge is 0.408 e. The average Bonchev–Trinajstić information content (AvgIpc) is 2.33. The Morgan fingerprint density at radius 2 is 2.09 bits per heavy atom. The third-order valence-electron chi connectivity index (χ3n) is 2.37. The summed E-state index contributed by atoms with van der Waals surface area (Å²) >= 11 is 7.02. The minimum absolute atomic E-state index is 0.112. The lowest BCUT2D eigenvalue weighted by molar-refractivity contribution is -0.138. The van der Waals surface area contributed by atoms with E-state index in [1.807, 2.05) is 0 Å². The minimum Gasteiger partial charge on any atom is -0.480 e. The van der Waals surface area contributed by atoms with Crippen LogP contribution in [0.3, 0.4) is 0 Å². The quantitative estimate of drug-likeness (QED) is 0.559. The van der Waals surface area contributed by atoms with E-state index in [4.69, 9.17) is 22.1 Å². The summed E-state index contributed by atoms with van der Waals surface area (Å²) in [6.07, 6.45) is -0.774. The van der Waals surface area contributed by atoms with Crippen LogP contribution in [-0.2, 0) is 9.53 Å². The zero-order chi connectivity index (χ0) is 16.9. The number of aliphatic carboxylic acids is 1. The second kappa shape index (κ2) is 7.60. The fraction of sp³-hybridized carbons (Fsp3) is 0.429. The van der Waals surface area contributed by atoms with Crippen LogP contribution in [0.5, 0.6) is 0 Å². The molecule has 0 aliphatic rings. The summed E-state index contributed by atoms with van der Waals surface area (Å²) < 4.78 is 5.05. The van der Waals surface area contributed by atoms with Crippen LogP contribution in [0.1, 0.15) is 20.8 Å². The van der Waals surface area contributed by atoms with Crippen LogP contribution in [-0.4, -0.2) is 34.6 Å². The molecule has 0 aromatic heterocycles. The molecule has 0 aliphatic carbocycles. The minimum atomic E-state index is -1.15. The molecule has 122 valence electrons. The molecule has 4 N–H and O–H groups in total. The van der Waals surface area contributed by atoms with Gasteiger partial charge < -0.3 is 20.9 Å². The number of rotatable bonds is 5. The average molecular weight is 347 g/mol. The van der Waals surface area contributed by atoms with Gasteiger partial charge >= 0.3 is 12.1 Å². The summed E-state index contributed by atoms with van der Waals surface area (Å²) in [7, 11) is 0. The van der Waals surface area contributed by atoms with Gasteiger partial charge in [-0.1, -0.05) is 11.6 Å². The number of hydrogen-bond donors (Lipinski definition) is 3. The summed E-state index contributed by atoms with van der Waals surface area (Å²) in [5, 5.41) is 12.0. The summed E-state index contributed by atoms with van der Waals surface area (Å²) in [5.74, 6) is -1.04. The standard InChI is InChI=1S/C14H19ClN2O4S/c1-14(2,3)21-13(20)17-10(12(18)19)7-22-11-5-4-8(15)6-9(11)16/h4-6,10H,7,16H2,1-3H3,(H,17,20)(H,18,19)/t10-/m0/s1. The first-order valence-electron chi connectivity index (χ1n) is 6.48. The molecule has 1 aromatic carbocycles. The zero-order valence-corrected chi connectivity index (χ0v) is 14.1. The number of hydrogen-bond acceptors (Lipinski definition) is 5. The number of nitrogens with one attached hydrogen (secondary N) is 1. The number of benzene rings is 1. The van der Waals surface area contributed by atoms with Crippen LogP contribution >= 0.6 is 23.4 Å². The van der Waals surface area contributed by atoms with Crippen LogP contribution in [0.4, 0.5) is 10.5 Å². The van der Waals surface area contributed by atoms with Crippen molar-refractivity contribution in [2.75, 3.05) is 11.5 Å². The van der Waals surface area contributed by atoms with E-state index in [1.165, 1.54) is 11.8 Å². The summed E-state index contributed by atoms with van der Waals surface area (Å²) in [6, 6.07) is 3.86. The Hall–Kier alpha value is -1.60. The van der Waals surface area contributed by atoms with Crippen LogP contribution in [0.25, 0.3) is 0 Å². The molecule has 1 rings (SSSR count). The highest BCUT2D eigenvalue weighted by Gasteiger charge is 2.24. The van der Waals surface area contributed by atoms with E-state index in [2.05, 4.69) is 5.32 Å². The van der Waals surface area contributed by atoms with E-state index in [0.717, 1.165) is 0 Å². The van der Waals surface area contributed by atoms with Crippen molar-refractivity contribution in [1.29, 1.82) is 0 Å². The van der Waals surface area contributed by atoms with Gasteiger partial charge in [-0.25, -0.2) is 9.59 Å². The van der Waals surface area contributed by atoms with Crippen LogP contribution in [0.15, 0.2) is 23.1 Å². The van der Waals surface area contributed by atoms with Crippen molar-refractivity contribution in [1.82, 2.24) is 5.32 Å². The second-order valence-corrected chi connectivity index (χ2v) is 7.03. The van der Waals surface area contributed by atoms with Gasteiger partial charge in [0.15, 0.2) is 0 Å². The number of carboxylic acid groups (broad SMARTS) is 1. The van der Waals surface area contributed by atoms with Crippen molar-refractivity contribution in [2.24, 2.45) is 0 Å². The molecule has 8 heteroatoms. The number of anilines is 1. The molecule has 0 saturated heterocycles. The fourth-order valence-electron chi connectivity index (χ4n) is 1.45. The maximum Gasteiger partial charge on any atom is 0.408 e. The normalized spacial score (nSPS) is 12.5. The number of halogens is 1. The van der Waals surface area contributed by atoms with Crippen molar-refractivity contribution >= 4 is 41.1 Å². The van der Waals surface area contributed by atoms with Crippen molar-refractivity contribution in [3.05, 3.63) is 23.2 Å². The predicted molar refractivity (Wildman–Crippen MR) is 87.4 cm³/mol. The lowest BCUT2D eigenvalue weighted by atomic mass is 10.2. The van der Waals surface area contributed by atoms with Crippen LogP contribution in [0, 0.1) is 0 Å². The second-order valence-electron chi connectivity index (χ2n) is 5.53. The monoisotopic (exact) mass is 346 g/mol. The van der Waals surface area contributed by atoms with Gasteiger partial charge in [0.25, 0.3) is 0 Å². The van der Waals surface area contributed by atoms with E-state index >= 15 is 0 Å². The number of ether oxygens (including phenoxy) is 1. The summed E-state index contributed by atoms with van der Waals surface area (Å²) in [4.78, 5) is 23.6. The van der Waals surface area contributed by atoms with Gasteiger partial charge in [-0.3, -0.25) is 0 Å². The molecule has 1 atom stereocenters. The maximum atomic E-state index is 11.6. The van der Waals surface area contributed by atoms with Crippen molar-refractivity contribution in [3.8, 4) is 0 Å². The first-order chi connectivity index (χ1) is 10.1. The first-order valence-corrected chi connectivity index (χ1v) is 7.85. The number of carbonyl (C=O) groups excluding carboxylic acids is 1. The third kappa shape index (κ3) is 6.44. The molecule has 0 spiro atoms. The molecular weight excluding hydrogens is 328 g/mol. The van der Waals surface area contributed by atoms with Crippen molar-refractivity contribution in [3.63, 3.8) is 0 Å². The molecular formula is C14H19ClN2O4S. The largest absolute Gasteiger partial charge is 0.480 e. The van der Waals surface area contributed by atoms with Crippen LogP contribution in [0.2, 0.25) is 5.02 Å². The summed E-state index contributed by atoms with van der Waals surface area (Å²) in [6.45, 7) is 5.10. The molecule has 1 aromatic rings. The van der Waals surface area contributed by atoms with Crippen LogP contribution < -0.4 is 11.1 Å². The number of amides is 1. The number of thioether (sulfide) groups is 1. The SMILES string of the molecule is CC(C)(C)OC(=O)N[C@@H](CSc1ccc(Cl)cc1N)C(=O)O. The molecule has 0 radical (unpaired) electrons. The lowest BCUT2D eigenvalue weighted by Gasteiger charge is -2.22. The maximum absolute atomic E-state index is 11.6. The van der Waals surface area contributed by atoms with E-state index in [9.17, 15) is 14.7 Å². The predicted octanol–water partition coefficient (Wildman–Crippen LogP) is 2.99. The van der Waals surface area contributed by atoms with E-state index < -0.39 is 23.7 Å². The molecule has 1 amide bonds. The molecule has 0 unspecified atom stereocenters. The Kier molecular flexibility index (Phi) is 6.37. The van der Waals surface area contributed by atoms with Gasteiger partial charge in [0, 0.05) is 21.4 Å². The molecule has 0 aliphatic heterocycles. The lowest BCUT2D eigenvalue weighted by Crippen LogP contribution is -2.44. The fourth-order valence-corrected chi connectivity index (χ4v) is 2.59. The Morgan fingerprint density at radius 1 is 1.45 bits per heavy atom. The van der Waals surface area contributed by atoms with Gasteiger partial charge in [0.1, 0.15) is 11.6 Å². The highest BCUT2D eigenvalue weighted by Crippen LogP contribution is 2.28. The highest BCUT2D eigenvalue weighted by atomic mass is 35.5. The van der Waals surface area contributed by atoms with E-state index in [-0.39, 0.29) is 5.75 Å². The molecule has 6 nitrogen and oxygen atoms in total. The van der Waals surface area contributed by atoms with E-state index in [0.29, 0.717) is 15.6 Å². The van der Waals surface area contributed by atoms with Gasteiger partial charge in [-0.2, -0.15) is 0 Å².